The first-order chi connectivity index (χ1) is 11.3. The van der Waals surface area contributed by atoms with Crippen LogP contribution < -0.4 is 9.62 Å². The SMILES string of the molecule is CS(=O)(=O)N(CC(=O)NC1CC2CCC1C2)c1cccc(Cl)c1Cl. The van der Waals surface area contributed by atoms with E-state index in [2.05, 4.69) is 5.32 Å². The fourth-order valence-corrected chi connectivity index (χ4v) is 5.18. The maximum Gasteiger partial charge on any atom is 0.241 e. The zero-order chi connectivity index (χ0) is 17.5. The van der Waals surface area contributed by atoms with E-state index in [0.29, 0.717) is 11.8 Å². The van der Waals surface area contributed by atoms with Gasteiger partial charge in [0, 0.05) is 6.04 Å². The van der Waals surface area contributed by atoms with Gasteiger partial charge in [0.2, 0.25) is 15.9 Å². The number of nitrogens with zero attached hydrogens (tertiary/aromatic N) is 1. The van der Waals surface area contributed by atoms with E-state index in [4.69, 9.17) is 23.2 Å². The summed E-state index contributed by atoms with van der Waals surface area (Å²) >= 11 is 12.1. The first-order valence-corrected chi connectivity index (χ1v) is 10.6. The van der Waals surface area contributed by atoms with Crippen LogP contribution in [0.3, 0.4) is 0 Å². The molecule has 8 heteroatoms. The molecule has 3 rings (SSSR count). The van der Waals surface area contributed by atoms with Crippen molar-refractivity contribution in [2.24, 2.45) is 11.8 Å². The van der Waals surface area contributed by atoms with Crippen LogP contribution in [-0.2, 0) is 14.8 Å². The maximum absolute atomic E-state index is 12.4. The minimum absolute atomic E-state index is 0.123. The van der Waals surface area contributed by atoms with Crippen molar-refractivity contribution in [3.63, 3.8) is 0 Å². The molecule has 3 unspecified atom stereocenters. The Morgan fingerprint density at radius 2 is 2.04 bits per heavy atom. The Bertz CT molecular complexity index is 754. The largest absolute Gasteiger partial charge is 0.352 e. The van der Waals surface area contributed by atoms with Gasteiger partial charge in [0.25, 0.3) is 0 Å². The van der Waals surface area contributed by atoms with Crippen LogP contribution in [0.5, 0.6) is 0 Å². The lowest BCUT2D eigenvalue weighted by Crippen LogP contribution is -2.45. The number of hydrogen-bond donors (Lipinski definition) is 1. The molecular weight excluding hydrogens is 371 g/mol. The van der Waals surface area contributed by atoms with Crippen LogP contribution in [0.25, 0.3) is 0 Å². The topological polar surface area (TPSA) is 66.5 Å². The normalized spacial score (nSPS) is 25.7. The second kappa shape index (κ2) is 6.73. The molecule has 24 heavy (non-hydrogen) atoms. The lowest BCUT2D eigenvalue weighted by atomic mass is 9.95. The Morgan fingerprint density at radius 1 is 1.29 bits per heavy atom. The minimum atomic E-state index is -3.67. The van der Waals surface area contributed by atoms with Gasteiger partial charge in [-0.25, -0.2) is 8.42 Å². The molecule has 0 saturated heterocycles. The fraction of sp³-hybridized carbons (Fsp3) is 0.562. The van der Waals surface area contributed by atoms with Crippen molar-refractivity contribution in [2.45, 2.75) is 31.7 Å². The Balaban J connectivity index is 1.75. The molecule has 2 aliphatic carbocycles. The molecule has 2 saturated carbocycles. The number of nitrogens with one attached hydrogen (secondary N) is 1. The molecule has 0 spiro atoms. The molecule has 132 valence electrons. The summed E-state index contributed by atoms with van der Waals surface area (Å²) < 4.78 is 25.3. The summed E-state index contributed by atoms with van der Waals surface area (Å²) in [7, 11) is -3.67. The van der Waals surface area contributed by atoms with Crippen molar-refractivity contribution in [1.29, 1.82) is 0 Å². The van der Waals surface area contributed by atoms with Gasteiger partial charge in [0.15, 0.2) is 0 Å². The number of hydrogen-bond acceptors (Lipinski definition) is 3. The second-order valence-electron chi connectivity index (χ2n) is 6.69. The number of amides is 1. The van der Waals surface area contributed by atoms with E-state index in [0.717, 1.165) is 23.4 Å². The summed E-state index contributed by atoms with van der Waals surface area (Å²) in [6.07, 6.45) is 5.60. The fourth-order valence-electron chi connectivity index (χ4n) is 3.87. The highest BCUT2D eigenvalue weighted by Gasteiger charge is 2.40. The summed E-state index contributed by atoms with van der Waals surface area (Å²) in [6.45, 7) is -0.299. The van der Waals surface area contributed by atoms with Crippen molar-refractivity contribution in [3.05, 3.63) is 28.2 Å². The molecule has 5 nitrogen and oxygen atoms in total. The molecule has 1 aromatic rings. The Kier molecular flexibility index (Phi) is 5.00. The van der Waals surface area contributed by atoms with Crippen LogP contribution in [0.15, 0.2) is 18.2 Å². The van der Waals surface area contributed by atoms with Crippen LogP contribution in [-0.4, -0.2) is 33.2 Å². The number of sulfonamides is 1. The van der Waals surface area contributed by atoms with Gasteiger partial charge in [-0.2, -0.15) is 0 Å². The summed E-state index contributed by atoms with van der Waals surface area (Å²) in [6, 6.07) is 4.88. The first kappa shape index (κ1) is 17.8. The molecule has 0 aromatic heterocycles. The standard InChI is InChI=1S/C16H20Cl2N2O3S/c1-24(22,23)20(14-4-2-3-12(17)16(14)18)9-15(21)19-13-8-10-5-6-11(13)7-10/h2-4,10-11,13H,5-9H2,1H3,(H,19,21). The summed E-state index contributed by atoms with van der Waals surface area (Å²) in [5.41, 5.74) is 0.217. The third kappa shape index (κ3) is 3.65. The summed E-state index contributed by atoms with van der Waals surface area (Å²) in [5.74, 6) is 0.920. The van der Waals surface area contributed by atoms with Crippen molar-refractivity contribution in [1.82, 2.24) is 5.32 Å². The van der Waals surface area contributed by atoms with Gasteiger partial charge in [0.05, 0.1) is 22.0 Å². The molecule has 3 atom stereocenters. The first-order valence-electron chi connectivity index (χ1n) is 7.97. The van der Waals surface area contributed by atoms with E-state index >= 15 is 0 Å². The number of carbonyl (C=O) groups excluding carboxylic acids is 1. The number of rotatable bonds is 5. The van der Waals surface area contributed by atoms with E-state index < -0.39 is 10.0 Å². The van der Waals surface area contributed by atoms with Gasteiger partial charge in [-0.3, -0.25) is 9.10 Å². The third-order valence-corrected chi connectivity index (χ3v) is 6.91. The molecule has 1 aromatic carbocycles. The molecule has 2 fully saturated rings. The molecule has 2 bridgehead atoms. The third-order valence-electron chi connectivity index (χ3n) is 4.97. The number of fused-ring (bicyclic) bond motifs is 2. The van der Waals surface area contributed by atoms with E-state index in [-0.39, 0.29) is 34.2 Å². The van der Waals surface area contributed by atoms with E-state index in [1.54, 1.807) is 18.2 Å². The van der Waals surface area contributed by atoms with Crippen molar-refractivity contribution in [3.8, 4) is 0 Å². The van der Waals surface area contributed by atoms with Crippen LogP contribution in [0, 0.1) is 11.8 Å². The second-order valence-corrected chi connectivity index (χ2v) is 9.38. The average molecular weight is 391 g/mol. The molecule has 1 N–H and O–H groups in total. The van der Waals surface area contributed by atoms with Crippen molar-refractivity contribution < 1.29 is 13.2 Å². The number of anilines is 1. The van der Waals surface area contributed by atoms with Gasteiger partial charge < -0.3 is 5.32 Å². The van der Waals surface area contributed by atoms with Crippen LogP contribution in [0.1, 0.15) is 25.7 Å². The van der Waals surface area contributed by atoms with E-state index in [9.17, 15) is 13.2 Å². The molecular formula is C16H20Cl2N2O3S. The highest BCUT2D eigenvalue weighted by atomic mass is 35.5. The Hall–Kier alpha value is -0.980. The molecule has 1 amide bonds. The number of benzene rings is 1. The molecule has 2 aliphatic rings. The van der Waals surface area contributed by atoms with Crippen molar-refractivity contribution in [2.75, 3.05) is 17.1 Å². The average Bonchev–Trinajstić information content (AvgIpc) is 3.09. The molecule has 0 heterocycles. The lowest BCUT2D eigenvalue weighted by molar-refractivity contribution is -0.120. The summed E-state index contributed by atoms with van der Waals surface area (Å²) in [5, 5.41) is 3.36. The molecule has 0 aliphatic heterocycles. The minimum Gasteiger partial charge on any atom is -0.352 e. The van der Waals surface area contributed by atoms with E-state index in [1.165, 1.54) is 12.8 Å². The Labute approximate surface area is 152 Å². The van der Waals surface area contributed by atoms with Crippen LogP contribution >= 0.6 is 23.2 Å². The van der Waals surface area contributed by atoms with Gasteiger partial charge >= 0.3 is 0 Å². The number of carbonyl (C=O) groups is 1. The number of halogens is 2. The van der Waals surface area contributed by atoms with E-state index in [1.807, 2.05) is 0 Å². The predicted molar refractivity (Wildman–Crippen MR) is 96.0 cm³/mol. The quantitative estimate of drug-likeness (QED) is 0.839. The zero-order valence-electron chi connectivity index (χ0n) is 13.3. The Morgan fingerprint density at radius 3 is 2.62 bits per heavy atom. The van der Waals surface area contributed by atoms with Gasteiger partial charge in [-0.15, -0.1) is 0 Å². The zero-order valence-corrected chi connectivity index (χ0v) is 15.7. The predicted octanol–water partition coefficient (Wildman–Crippen LogP) is 3.06. The van der Waals surface area contributed by atoms with Crippen molar-refractivity contribution >= 4 is 44.8 Å². The van der Waals surface area contributed by atoms with Crippen LogP contribution in [0.2, 0.25) is 10.0 Å². The maximum atomic E-state index is 12.4. The highest BCUT2D eigenvalue weighted by Crippen LogP contribution is 2.44. The molecule has 0 radical (unpaired) electrons. The smallest absolute Gasteiger partial charge is 0.241 e. The van der Waals surface area contributed by atoms with Crippen LogP contribution in [0.4, 0.5) is 5.69 Å². The summed E-state index contributed by atoms with van der Waals surface area (Å²) in [4.78, 5) is 12.4. The van der Waals surface area contributed by atoms with Gasteiger partial charge in [-0.05, 0) is 43.2 Å². The monoisotopic (exact) mass is 390 g/mol. The van der Waals surface area contributed by atoms with Gasteiger partial charge in [-0.1, -0.05) is 35.7 Å². The lowest BCUT2D eigenvalue weighted by Gasteiger charge is -2.26. The van der Waals surface area contributed by atoms with Gasteiger partial charge in [0.1, 0.15) is 6.54 Å². The highest BCUT2D eigenvalue weighted by molar-refractivity contribution is 7.92.